The molecule has 0 fully saturated rings. The molecule has 30 heavy (non-hydrogen) atoms. The molecule has 1 N–H and O–H groups in total. The predicted molar refractivity (Wildman–Crippen MR) is 133 cm³/mol. The Morgan fingerprint density at radius 2 is 1.53 bits per heavy atom. The van der Waals surface area contributed by atoms with Gasteiger partial charge in [-0.3, -0.25) is 0 Å². The van der Waals surface area contributed by atoms with E-state index in [9.17, 15) is 5.11 Å². The number of aryl methyl sites for hydroxylation is 1. The molecule has 2 rings (SSSR count). The molecule has 0 amide bonds. The molecule has 3 heteroatoms. The van der Waals surface area contributed by atoms with E-state index in [4.69, 9.17) is 11.6 Å². The van der Waals surface area contributed by atoms with Gasteiger partial charge in [0, 0.05) is 0 Å². The average Bonchev–Trinajstić information content (AvgIpc) is 2.77. The van der Waals surface area contributed by atoms with E-state index in [2.05, 4.69) is 48.3 Å². The molecule has 0 heterocycles. The molecule has 0 radical (unpaired) electrons. The number of aliphatic hydroxyl groups is 1. The van der Waals surface area contributed by atoms with Crippen molar-refractivity contribution in [1.82, 2.24) is 0 Å². The summed E-state index contributed by atoms with van der Waals surface area (Å²) >= 11 is 6.24. The van der Waals surface area contributed by atoms with Crippen molar-refractivity contribution in [2.75, 3.05) is 0 Å². The van der Waals surface area contributed by atoms with Crippen LogP contribution in [0.3, 0.4) is 0 Å². The SMILES string of the molecule is CCCCCCCCCC/C(=C/[Se]c1ccc(Cl)cc1)C(O)CCc1ccccc1. The monoisotopic (exact) mass is 492 g/mol. The number of hydrogen-bond acceptors (Lipinski definition) is 1. The quantitative estimate of drug-likeness (QED) is 0.208. The molecule has 0 aromatic heterocycles. The number of aliphatic hydroxyl groups excluding tert-OH is 1. The van der Waals surface area contributed by atoms with Gasteiger partial charge < -0.3 is 0 Å². The van der Waals surface area contributed by atoms with Gasteiger partial charge in [0.15, 0.2) is 0 Å². The molecule has 0 saturated carbocycles. The third kappa shape index (κ3) is 10.8. The van der Waals surface area contributed by atoms with Gasteiger partial charge in [-0.25, -0.2) is 0 Å². The Bertz CT molecular complexity index is 711. The second-order valence-corrected chi connectivity index (χ2v) is 10.4. The first-order chi connectivity index (χ1) is 14.7. The molecule has 0 spiro atoms. The Hall–Kier alpha value is -1.05. The van der Waals surface area contributed by atoms with Gasteiger partial charge in [0.2, 0.25) is 0 Å². The van der Waals surface area contributed by atoms with Gasteiger partial charge in [0.05, 0.1) is 0 Å². The van der Waals surface area contributed by atoms with Gasteiger partial charge in [-0.1, -0.05) is 0 Å². The summed E-state index contributed by atoms with van der Waals surface area (Å²) in [5.74, 6) is 0. The Balaban J connectivity index is 1.84. The van der Waals surface area contributed by atoms with Crippen LogP contribution in [0.4, 0.5) is 0 Å². The normalized spacial score (nSPS) is 12.8. The summed E-state index contributed by atoms with van der Waals surface area (Å²) in [6.45, 7) is 2.27. The molecule has 0 saturated heterocycles. The molecular formula is C27H37ClOSe. The third-order valence-electron chi connectivity index (χ3n) is 5.46. The molecule has 0 aliphatic carbocycles. The summed E-state index contributed by atoms with van der Waals surface area (Å²) < 4.78 is 1.30. The maximum atomic E-state index is 10.9. The second-order valence-electron chi connectivity index (χ2n) is 8.03. The van der Waals surface area contributed by atoms with Crippen LogP contribution in [0.1, 0.15) is 76.7 Å². The van der Waals surface area contributed by atoms with Crippen molar-refractivity contribution in [2.24, 2.45) is 0 Å². The fourth-order valence-electron chi connectivity index (χ4n) is 3.56. The first-order valence-corrected chi connectivity index (χ1v) is 13.7. The van der Waals surface area contributed by atoms with Crippen LogP contribution in [0.25, 0.3) is 0 Å². The molecule has 164 valence electrons. The van der Waals surface area contributed by atoms with E-state index in [0.717, 1.165) is 24.3 Å². The van der Waals surface area contributed by atoms with E-state index < -0.39 is 0 Å². The van der Waals surface area contributed by atoms with Crippen molar-refractivity contribution in [1.29, 1.82) is 0 Å². The Morgan fingerprint density at radius 3 is 2.20 bits per heavy atom. The summed E-state index contributed by atoms with van der Waals surface area (Å²) in [6, 6.07) is 18.6. The molecule has 0 bridgehead atoms. The molecule has 1 unspecified atom stereocenters. The molecule has 1 atom stereocenters. The van der Waals surface area contributed by atoms with Crippen LogP contribution in [0.2, 0.25) is 5.02 Å². The van der Waals surface area contributed by atoms with Gasteiger partial charge in [0.25, 0.3) is 0 Å². The van der Waals surface area contributed by atoms with Crippen molar-refractivity contribution < 1.29 is 5.11 Å². The molecule has 0 aliphatic heterocycles. The fourth-order valence-corrected chi connectivity index (χ4v) is 5.48. The minimum atomic E-state index is -0.344. The zero-order valence-electron chi connectivity index (χ0n) is 18.4. The van der Waals surface area contributed by atoms with Crippen LogP contribution in [-0.2, 0) is 6.42 Å². The van der Waals surface area contributed by atoms with E-state index in [1.54, 1.807) is 0 Å². The molecule has 0 aliphatic rings. The van der Waals surface area contributed by atoms with Crippen LogP contribution in [0.5, 0.6) is 0 Å². The van der Waals surface area contributed by atoms with Crippen LogP contribution >= 0.6 is 11.6 Å². The zero-order chi connectivity index (χ0) is 21.4. The number of rotatable bonds is 15. The molecular weight excluding hydrogens is 455 g/mol. The molecule has 1 nitrogen and oxygen atoms in total. The standard InChI is InChI=1S/C27H37ClOSe/c1-2-3-4-5-6-7-8-12-15-24(22-30-26-19-17-25(28)18-20-26)27(29)21-16-23-13-10-9-11-14-23/h9-11,13-14,17-20,22,27,29H,2-8,12,15-16,21H2,1H3/b24-22-. The fraction of sp³-hybridized carbons (Fsp3) is 0.481. The van der Waals surface area contributed by atoms with Crippen molar-refractivity contribution in [2.45, 2.75) is 83.7 Å². The summed E-state index contributed by atoms with van der Waals surface area (Å²) in [7, 11) is 0. The van der Waals surface area contributed by atoms with Crippen LogP contribution in [0, 0.1) is 0 Å². The van der Waals surface area contributed by atoms with Crippen LogP contribution in [-0.4, -0.2) is 26.2 Å². The Labute approximate surface area is 195 Å². The van der Waals surface area contributed by atoms with E-state index in [1.807, 2.05) is 18.2 Å². The van der Waals surface area contributed by atoms with E-state index in [-0.39, 0.29) is 21.1 Å². The van der Waals surface area contributed by atoms with Crippen molar-refractivity contribution in [3.8, 4) is 0 Å². The predicted octanol–water partition coefficient (Wildman–Crippen LogP) is 7.08. The average molecular weight is 492 g/mol. The maximum absolute atomic E-state index is 10.9. The molecule has 2 aromatic carbocycles. The summed E-state index contributed by atoms with van der Waals surface area (Å²) in [5.41, 5.74) is 2.53. The van der Waals surface area contributed by atoms with Crippen LogP contribution in [0.15, 0.2) is 65.1 Å². The first-order valence-electron chi connectivity index (χ1n) is 11.5. The molecule has 2 aromatic rings. The Morgan fingerprint density at radius 1 is 0.900 bits per heavy atom. The van der Waals surface area contributed by atoms with Gasteiger partial charge >= 0.3 is 196 Å². The topological polar surface area (TPSA) is 20.2 Å². The first kappa shape index (κ1) is 25.2. The third-order valence-corrected chi connectivity index (χ3v) is 7.73. The van der Waals surface area contributed by atoms with E-state index in [0.29, 0.717) is 0 Å². The van der Waals surface area contributed by atoms with E-state index in [1.165, 1.54) is 67.0 Å². The van der Waals surface area contributed by atoms with Gasteiger partial charge in [-0.15, -0.1) is 0 Å². The van der Waals surface area contributed by atoms with Crippen molar-refractivity contribution >= 4 is 31.0 Å². The van der Waals surface area contributed by atoms with Crippen LogP contribution < -0.4 is 4.46 Å². The second kappa shape index (κ2) is 15.7. The number of halogens is 1. The minimum absolute atomic E-state index is 0.230. The van der Waals surface area contributed by atoms with Gasteiger partial charge in [-0.05, 0) is 0 Å². The Kier molecular flexibility index (Phi) is 13.2. The zero-order valence-corrected chi connectivity index (χ0v) is 20.8. The van der Waals surface area contributed by atoms with E-state index >= 15 is 0 Å². The number of hydrogen-bond donors (Lipinski definition) is 1. The van der Waals surface area contributed by atoms with Gasteiger partial charge in [-0.2, -0.15) is 0 Å². The number of unbranched alkanes of at least 4 members (excludes halogenated alkanes) is 7. The van der Waals surface area contributed by atoms with Gasteiger partial charge in [0.1, 0.15) is 0 Å². The number of benzene rings is 2. The summed E-state index contributed by atoms with van der Waals surface area (Å²) in [6.07, 6.45) is 12.9. The van der Waals surface area contributed by atoms with Crippen molar-refractivity contribution in [3.05, 3.63) is 75.7 Å². The summed E-state index contributed by atoms with van der Waals surface area (Å²) in [5, 5.41) is 11.7. The summed E-state index contributed by atoms with van der Waals surface area (Å²) in [4.78, 5) is 2.31. The van der Waals surface area contributed by atoms with Crippen molar-refractivity contribution in [3.63, 3.8) is 0 Å².